The number of hydrogen-bond donors (Lipinski definition) is 0. The van der Waals surface area contributed by atoms with Crippen LogP contribution >= 0.6 is 31.9 Å². The fourth-order valence-electron chi connectivity index (χ4n) is 1.99. The molecule has 4 nitrogen and oxygen atoms in total. The molecule has 2 atom stereocenters. The molecule has 1 heterocycles. The van der Waals surface area contributed by atoms with Crippen molar-refractivity contribution in [3.05, 3.63) is 35.4 Å². The average molecular weight is 402 g/mol. The van der Waals surface area contributed by atoms with Crippen LogP contribution in [0.15, 0.2) is 24.3 Å². The summed E-state index contributed by atoms with van der Waals surface area (Å²) in [5.41, 5.74) is 1.58. The standard InChI is InChI=1S/C14H14Br2N2O2/c15-12(11-3-1-10(9-17)2-4-11)13(16)14(19)18-5-7-20-8-6-18/h1-4,12-13H,5-8H2/t12-,13+/m1/s1. The highest BCUT2D eigenvalue weighted by Gasteiger charge is 2.29. The molecule has 0 radical (unpaired) electrons. The molecule has 20 heavy (non-hydrogen) atoms. The van der Waals surface area contributed by atoms with Gasteiger partial charge in [-0.25, -0.2) is 0 Å². The van der Waals surface area contributed by atoms with E-state index in [1.54, 1.807) is 17.0 Å². The lowest BCUT2D eigenvalue weighted by atomic mass is 10.1. The van der Waals surface area contributed by atoms with Gasteiger partial charge in [-0.05, 0) is 17.7 Å². The lowest BCUT2D eigenvalue weighted by Crippen LogP contribution is -2.45. The highest BCUT2D eigenvalue weighted by Crippen LogP contribution is 2.32. The van der Waals surface area contributed by atoms with Crippen molar-refractivity contribution in [2.24, 2.45) is 0 Å². The number of carbonyl (C=O) groups is 1. The van der Waals surface area contributed by atoms with Gasteiger partial charge in [0, 0.05) is 13.1 Å². The Morgan fingerprint density at radius 2 is 1.85 bits per heavy atom. The van der Waals surface area contributed by atoms with Gasteiger partial charge >= 0.3 is 0 Å². The van der Waals surface area contributed by atoms with Crippen LogP contribution in [0.2, 0.25) is 0 Å². The fraction of sp³-hybridized carbons (Fsp3) is 0.429. The van der Waals surface area contributed by atoms with Gasteiger partial charge in [-0.15, -0.1) is 0 Å². The number of alkyl halides is 2. The normalized spacial score (nSPS) is 18.1. The summed E-state index contributed by atoms with van der Waals surface area (Å²) < 4.78 is 5.25. The van der Waals surface area contributed by atoms with Gasteiger partial charge in [-0.1, -0.05) is 44.0 Å². The Hall–Kier alpha value is -0.900. The van der Waals surface area contributed by atoms with Gasteiger partial charge in [-0.3, -0.25) is 4.79 Å². The third-order valence-corrected chi connectivity index (χ3v) is 5.86. The first kappa shape index (κ1) is 15.5. The van der Waals surface area contributed by atoms with Crippen LogP contribution in [0.3, 0.4) is 0 Å². The molecule has 1 amide bonds. The van der Waals surface area contributed by atoms with E-state index in [9.17, 15) is 4.79 Å². The molecule has 1 saturated heterocycles. The third kappa shape index (κ3) is 3.60. The summed E-state index contributed by atoms with van der Waals surface area (Å²) in [5.74, 6) is 0.0551. The topological polar surface area (TPSA) is 53.3 Å². The molecule has 1 aromatic carbocycles. The zero-order valence-corrected chi connectivity index (χ0v) is 13.9. The van der Waals surface area contributed by atoms with Crippen LogP contribution in [0, 0.1) is 11.3 Å². The predicted molar refractivity (Wildman–Crippen MR) is 82.9 cm³/mol. The molecule has 0 N–H and O–H groups in total. The van der Waals surface area contributed by atoms with Gasteiger partial charge in [-0.2, -0.15) is 5.26 Å². The molecule has 0 saturated carbocycles. The second-order valence-corrected chi connectivity index (χ2v) is 6.45. The number of amides is 1. The lowest BCUT2D eigenvalue weighted by molar-refractivity contribution is -0.134. The molecule has 1 aromatic rings. The summed E-state index contributed by atoms with van der Waals surface area (Å²) in [5, 5.41) is 8.79. The third-order valence-electron chi connectivity index (χ3n) is 3.17. The van der Waals surface area contributed by atoms with Crippen LogP contribution in [0.4, 0.5) is 0 Å². The molecule has 1 aliphatic rings. The van der Waals surface area contributed by atoms with Crippen molar-refractivity contribution in [3.63, 3.8) is 0 Å². The minimum Gasteiger partial charge on any atom is -0.378 e. The minimum atomic E-state index is -0.339. The number of benzene rings is 1. The van der Waals surface area contributed by atoms with Crippen LogP contribution in [-0.4, -0.2) is 41.9 Å². The summed E-state index contributed by atoms with van der Waals surface area (Å²) in [6.07, 6.45) is 0. The highest BCUT2D eigenvalue weighted by molar-refractivity contribution is 9.12. The summed E-state index contributed by atoms with van der Waals surface area (Å²) in [6, 6.07) is 9.31. The van der Waals surface area contributed by atoms with Crippen LogP contribution in [0.25, 0.3) is 0 Å². The van der Waals surface area contributed by atoms with E-state index in [4.69, 9.17) is 10.00 Å². The SMILES string of the molecule is N#Cc1ccc([C@@H](Br)[C@H](Br)C(=O)N2CCOCC2)cc1. The van der Waals surface area contributed by atoms with Crippen molar-refractivity contribution in [3.8, 4) is 6.07 Å². The maximum atomic E-state index is 12.4. The van der Waals surface area contributed by atoms with Gasteiger partial charge in [0.05, 0.1) is 29.7 Å². The number of morpholine rings is 1. The van der Waals surface area contributed by atoms with Crippen molar-refractivity contribution in [1.82, 2.24) is 4.90 Å². The summed E-state index contributed by atoms with van der Waals surface area (Å²) in [4.78, 5) is 13.7. The Labute approximate surface area is 135 Å². The van der Waals surface area contributed by atoms with E-state index >= 15 is 0 Å². The van der Waals surface area contributed by atoms with Gasteiger partial charge < -0.3 is 9.64 Å². The van der Waals surface area contributed by atoms with Gasteiger partial charge in [0.15, 0.2) is 0 Å². The molecule has 0 aromatic heterocycles. The van der Waals surface area contributed by atoms with Crippen molar-refractivity contribution in [2.75, 3.05) is 26.3 Å². The fourth-order valence-corrected chi connectivity index (χ4v) is 3.12. The zero-order valence-electron chi connectivity index (χ0n) is 10.8. The Morgan fingerprint density at radius 3 is 2.40 bits per heavy atom. The number of carbonyl (C=O) groups excluding carboxylic acids is 1. The van der Waals surface area contributed by atoms with Gasteiger partial charge in [0.25, 0.3) is 0 Å². The maximum absolute atomic E-state index is 12.4. The summed E-state index contributed by atoms with van der Waals surface area (Å²) in [6.45, 7) is 2.45. The molecule has 0 bridgehead atoms. The van der Waals surface area contributed by atoms with E-state index in [1.165, 1.54) is 0 Å². The molecule has 1 fully saturated rings. The Morgan fingerprint density at radius 1 is 1.25 bits per heavy atom. The highest BCUT2D eigenvalue weighted by atomic mass is 79.9. The van der Waals surface area contributed by atoms with Crippen LogP contribution in [0.1, 0.15) is 16.0 Å². The van der Waals surface area contributed by atoms with E-state index in [0.29, 0.717) is 31.9 Å². The van der Waals surface area contributed by atoms with Gasteiger partial charge in [0.1, 0.15) is 4.83 Å². The first-order valence-electron chi connectivity index (χ1n) is 6.28. The minimum absolute atomic E-state index is 0.0551. The molecule has 0 unspecified atom stereocenters. The number of hydrogen-bond acceptors (Lipinski definition) is 3. The molecule has 6 heteroatoms. The number of ether oxygens (including phenoxy) is 1. The molecule has 0 aliphatic carbocycles. The van der Waals surface area contributed by atoms with Crippen LogP contribution < -0.4 is 0 Å². The number of halogens is 2. The first-order chi connectivity index (χ1) is 9.63. The monoisotopic (exact) mass is 400 g/mol. The quantitative estimate of drug-likeness (QED) is 0.731. The van der Waals surface area contributed by atoms with E-state index in [2.05, 4.69) is 37.9 Å². The molecule has 106 valence electrons. The predicted octanol–water partition coefficient (Wildman–Crippen LogP) is 2.62. The van der Waals surface area contributed by atoms with Gasteiger partial charge in [0.2, 0.25) is 5.91 Å². The van der Waals surface area contributed by atoms with E-state index in [1.807, 2.05) is 12.1 Å². The van der Waals surface area contributed by atoms with E-state index in [0.717, 1.165) is 5.56 Å². The molecule has 1 aliphatic heterocycles. The molecular formula is C14H14Br2N2O2. The van der Waals surface area contributed by atoms with Crippen LogP contribution in [0.5, 0.6) is 0 Å². The second kappa shape index (κ2) is 7.21. The largest absolute Gasteiger partial charge is 0.378 e. The Kier molecular flexibility index (Phi) is 5.58. The van der Waals surface area contributed by atoms with Crippen molar-refractivity contribution in [1.29, 1.82) is 5.26 Å². The lowest BCUT2D eigenvalue weighted by Gasteiger charge is -2.30. The van der Waals surface area contributed by atoms with Crippen molar-refractivity contribution >= 4 is 37.8 Å². The Bertz CT molecular complexity index is 507. The molecule has 2 rings (SSSR count). The second-order valence-electron chi connectivity index (χ2n) is 4.47. The maximum Gasteiger partial charge on any atom is 0.238 e. The summed E-state index contributed by atoms with van der Waals surface area (Å²) in [7, 11) is 0. The smallest absolute Gasteiger partial charge is 0.238 e. The number of nitrogens with zero attached hydrogens (tertiary/aromatic N) is 2. The van der Waals surface area contributed by atoms with Crippen molar-refractivity contribution in [2.45, 2.75) is 9.65 Å². The molecular weight excluding hydrogens is 388 g/mol. The zero-order chi connectivity index (χ0) is 14.5. The Balaban J connectivity index is 2.04. The van der Waals surface area contributed by atoms with Crippen molar-refractivity contribution < 1.29 is 9.53 Å². The average Bonchev–Trinajstić information content (AvgIpc) is 2.53. The number of nitriles is 1. The summed E-state index contributed by atoms with van der Waals surface area (Å²) >= 11 is 7.03. The number of rotatable bonds is 3. The van der Waals surface area contributed by atoms with E-state index < -0.39 is 0 Å². The first-order valence-corrected chi connectivity index (χ1v) is 8.11. The van der Waals surface area contributed by atoms with E-state index in [-0.39, 0.29) is 15.6 Å². The molecule has 0 spiro atoms. The van der Waals surface area contributed by atoms with Crippen LogP contribution in [-0.2, 0) is 9.53 Å².